The molecule has 20 heavy (non-hydrogen) atoms. The first kappa shape index (κ1) is 16.3. The maximum absolute atomic E-state index is 12.7. The van der Waals surface area contributed by atoms with Crippen molar-refractivity contribution in [3.63, 3.8) is 0 Å². The maximum Gasteiger partial charge on any atom is 0.418 e. The zero-order chi connectivity index (χ0) is 15.3. The molecule has 0 atom stereocenters. The van der Waals surface area contributed by atoms with Crippen molar-refractivity contribution in [3.05, 3.63) is 29.3 Å². The summed E-state index contributed by atoms with van der Waals surface area (Å²) in [5.74, 6) is -0.652. The van der Waals surface area contributed by atoms with E-state index >= 15 is 0 Å². The number of halogens is 3. The molecule has 0 aliphatic rings. The molecule has 0 aromatic heterocycles. The summed E-state index contributed by atoms with van der Waals surface area (Å²) in [7, 11) is 0. The lowest BCUT2D eigenvalue weighted by Crippen LogP contribution is -2.29. The normalized spacial score (nSPS) is 11.7. The van der Waals surface area contributed by atoms with Crippen LogP contribution in [0.5, 0.6) is 0 Å². The number of hydrogen-bond acceptors (Lipinski definition) is 3. The minimum Gasteiger partial charge on any atom is -0.398 e. The molecule has 112 valence electrons. The van der Waals surface area contributed by atoms with Gasteiger partial charge in [-0.05, 0) is 26.0 Å². The number of nitrogens with one attached hydrogen (secondary N) is 1. The summed E-state index contributed by atoms with van der Waals surface area (Å²) in [6.45, 7) is 4.16. The van der Waals surface area contributed by atoms with Crippen molar-refractivity contribution < 1.29 is 22.7 Å². The van der Waals surface area contributed by atoms with Crippen molar-refractivity contribution in [2.24, 2.45) is 0 Å². The average Bonchev–Trinajstić information content (AvgIpc) is 2.33. The Labute approximate surface area is 115 Å². The van der Waals surface area contributed by atoms with Crippen LogP contribution in [0, 0.1) is 0 Å². The summed E-state index contributed by atoms with van der Waals surface area (Å²) in [6, 6.07) is 3.25. The molecule has 1 aromatic rings. The zero-order valence-electron chi connectivity index (χ0n) is 11.3. The Morgan fingerprint density at radius 2 is 2.05 bits per heavy atom. The Bertz CT molecular complexity index is 473. The lowest BCUT2D eigenvalue weighted by Gasteiger charge is -2.14. The number of ether oxygens (including phenoxy) is 1. The Hall–Kier alpha value is -1.76. The van der Waals surface area contributed by atoms with Gasteiger partial charge in [-0.15, -0.1) is 0 Å². The molecule has 0 unspecified atom stereocenters. The number of hydrogen-bond donors (Lipinski definition) is 2. The van der Waals surface area contributed by atoms with E-state index in [-0.39, 0.29) is 24.8 Å². The molecule has 1 rings (SSSR count). The number of benzene rings is 1. The van der Waals surface area contributed by atoms with Gasteiger partial charge in [-0.1, -0.05) is 6.07 Å². The lowest BCUT2D eigenvalue weighted by molar-refractivity contribution is -0.136. The number of nitrogen functional groups attached to an aromatic ring is 1. The quantitative estimate of drug-likeness (QED) is 0.646. The molecule has 0 saturated carbocycles. The predicted molar refractivity (Wildman–Crippen MR) is 69.3 cm³/mol. The standard InChI is InChI=1S/C13H17F3N2O2/c1-8(2)20-7-6-18-12(19)9-4-3-5-10(11(9)17)13(14,15)16/h3-5,8H,6-7,17H2,1-2H3,(H,18,19). The number of nitrogens with two attached hydrogens (primary N) is 1. The van der Waals surface area contributed by atoms with Crippen molar-refractivity contribution >= 4 is 11.6 Å². The summed E-state index contributed by atoms with van der Waals surface area (Å²) in [5, 5.41) is 2.46. The molecule has 0 heterocycles. The zero-order valence-corrected chi connectivity index (χ0v) is 11.3. The molecular weight excluding hydrogens is 273 g/mol. The number of para-hydroxylation sites is 1. The number of alkyl halides is 3. The summed E-state index contributed by atoms with van der Waals surface area (Å²) in [5.41, 5.74) is 3.64. The van der Waals surface area contributed by atoms with Crippen LogP contribution in [0.4, 0.5) is 18.9 Å². The fourth-order valence-corrected chi connectivity index (χ4v) is 1.56. The molecule has 0 bridgehead atoms. The van der Waals surface area contributed by atoms with Gasteiger partial charge in [0.2, 0.25) is 0 Å². The number of rotatable bonds is 5. The SMILES string of the molecule is CC(C)OCCNC(=O)c1cccc(C(F)(F)F)c1N. The molecule has 0 spiro atoms. The van der Waals surface area contributed by atoms with Crippen LogP contribution >= 0.6 is 0 Å². The van der Waals surface area contributed by atoms with Crippen molar-refractivity contribution in [2.75, 3.05) is 18.9 Å². The molecular formula is C13H17F3N2O2. The molecule has 3 N–H and O–H groups in total. The van der Waals surface area contributed by atoms with E-state index < -0.39 is 23.3 Å². The molecule has 0 aliphatic carbocycles. The number of carbonyl (C=O) groups excluding carboxylic acids is 1. The summed E-state index contributed by atoms with van der Waals surface area (Å²) in [6.07, 6.45) is -4.56. The molecule has 4 nitrogen and oxygen atoms in total. The topological polar surface area (TPSA) is 64.3 Å². The molecule has 7 heteroatoms. The molecule has 0 fully saturated rings. The first-order valence-electron chi connectivity index (χ1n) is 6.09. The van der Waals surface area contributed by atoms with Gasteiger partial charge in [0.05, 0.1) is 29.5 Å². The van der Waals surface area contributed by atoms with Crippen LogP contribution in [0.2, 0.25) is 0 Å². The van der Waals surface area contributed by atoms with Gasteiger partial charge in [0.25, 0.3) is 5.91 Å². The lowest BCUT2D eigenvalue weighted by atomic mass is 10.1. The molecule has 0 aliphatic heterocycles. The highest BCUT2D eigenvalue weighted by atomic mass is 19.4. The second-order valence-corrected chi connectivity index (χ2v) is 4.44. The highest BCUT2D eigenvalue weighted by Gasteiger charge is 2.34. The van der Waals surface area contributed by atoms with E-state index in [0.29, 0.717) is 0 Å². The van der Waals surface area contributed by atoms with Crippen LogP contribution in [0.25, 0.3) is 0 Å². The van der Waals surface area contributed by atoms with Gasteiger partial charge in [0, 0.05) is 6.54 Å². The molecule has 1 aromatic carbocycles. The van der Waals surface area contributed by atoms with Gasteiger partial charge >= 0.3 is 6.18 Å². The van der Waals surface area contributed by atoms with E-state index in [2.05, 4.69) is 5.32 Å². The predicted octanol–water partition coefficient (Wildman–Crippen LogP) is 2.44. The Morgan fingerprint density at radius 3 is 2.60 bits per heavy atom. The van der Waals surface area contributed by atoms with Crippen LogP contribution in [0.1, 0.15) is 29.8 Å². The van der Waals surface area contributed by atoms with E-state index in [1.54, 1.807) is 0 Å². The van der Waals surface area contributed by atoms with Gasteiger partial charge in [-0.2, -0.15) is 13.2 Å². The Kier molecular flexibility index (Phi) is 5.38. The third-order valence-corrected chi connectivity index (χ3v) is 2.49. The van der Waals surface area contributed by atoms with Gasteiger partial charge in [0.15, 0.2) is 0 Å². The van der Waals surface area contributed by atoms with Gasteiger partial charge < -0.3 is 15.8 Å². The van der Waals surface area contributed by atoms with E-state index in [1.807, 2.05) is 13.8 Å². The fourth-order valence-electron chi connectivity index (χ4n) is 1.56. The largest absolute Gasteiger partial charge is 0.418 e. The third-order valence-electron chi connectivity index (χ3n) is 2.49. The summed E-state index contributed by atoms with van der Waals surface area (Å²) >= 11 is 0. The van der Waals surface area contributed by atoms with E-state index in [1.165, 1.54) is 6.07 Å². The highest BCUT2D eigenvalue weighted by Crippen LogP contribution is 2.34. The smallest absolute Gasteiger partial charge is 0.398 e. The van der Waals surface area contributed by atoms with Gasteiger partial charge in [-0.25, -0.2) is 0 Å². The first-order chi connectivity index (χ1) is 9.23. The second-order valence-electron chi connectivity index (χ2n) is 4.44. The monoisotopic (exact) mass is 290 g/mol. The van der Waals surface area contributed by atoms with Crippen LogP contribution in [-0.4, -0.2) is 25.2 Å². The van der Waals surface area contributed by atoms with Gasteiger partial charge in [0.1, 0.15) is 0 Å². The third kappa shape index (κ3) is 4.41. The minimum atomic E-state index is -4.58. The van der Waals surface area contributed by atoms with Gasteiger partial charge in [-0.3, -0.25) is 4.79 Å². The Balaban J connectivity index is 2.74. The Morgan fingerprint density at radius 1 is 1.40 bits per heavy atom. The summed E-state index contributed by atoms with van der Waals surface area (Å²) < 4.78 is 43.2. The minimum absolute atomic E-state index is 0.0190. The first-order valence-corrected chi connectivity index (χ1v) is 6.09. The van der Waals surface area contributed by atoms with Crippen LogP contribution < -0.4 is 11.1 Å². The van der Waals surface area contributed by atoms with Crippen LogP contribution in [-0.2, 0) is 10.9 Å². The fraction of sp³-hybridized carbons (Fsp3) is 0.462. The van der Waals surface area contributed by atoms with Crippen molar-refractivity contribution in [2.45, 2.75) is 26.1 Å². The number of carbonyl (C=O) groups is 1. The van der Waals surface area contributed by atoms with E-state index in [9.17, 15) is 18.0 Å². The second kappa shape index (κ2) is 6.60. The summed E-state index contributed by atoms with van der Waals surface area (Å²) in [4.78, 5) is 11.8. The van der Waals surface area contributed by atoms with Crippen molar-refractivity contribution in [1.29, 1.82) is 0 Å². The van der Waals surface area contributed by atoms with E-state index in [4.69, 9.17) is 10.5 Å². The van der Waals surface area contributed by atoms with Crippen molar-refractivity contribution in [1.82, 2.24) is 5.32 Å². The number of amides is 1. The highest BCUT2D eigenvalue weighted by molar-refractivity contribution is 5.99. The maximum atomic E-state index is 12.7. The average molecular weight is 290 g/mol. The number of anilines is 1. The van der Waals surface area contributed by atoms with Crippen molar-refractivity contribution in [3.8, 4) is 0 Å². The van der Waals surface area contributed by atoms with Crippen LogP contribution in [0.15, 0.2) is 18.2 Å². The van der Waals surface area contributed by atoms with E-state index in [0.717, 1.165) is 12.1 Å². The van der Waals surface area contributed by atoms with Crippen LogP contribution in [0.3, 0.4) is 0 Å². The molecule has 1 amide bonds. The molecule has 0 radical (unpaired) electrons. The molecule has 0 saturated heterocycles.